The van der Waals surface area contributed by atoms with E-state index in [1.54, 1.807) is 0 Å². The van der Waals surface area contributed by atoms with Crippen molar-refractivity contribution in [2.75, 3.05) is 0 Å². The maximum atomic E-state index is 3.76. The second-order valence-electron chi connectivity index (χ2n) is 15.6. The second-order valence-corrected chi connectivity index (χ2v) is 15.6. The molecule has 3 nitrogen and oxygen atoms in total. The summed E-state index contributed by atoms with van der Waals surface area (Å²) in [6.07, 6.45) is 14.4. The SMILES string of the molecule is CC/C=C(/C=C\NC(C)n1c2c(c3cc(-c4ccc5c(c4)c4ccccc4n5-c4ccccc4)ccc31)CCC=C2)c1cccc(-c2ccc(-c3ccccc3)cc2)c1. The number of aromatic nitrogens is 2. The van der Waals surface area contributed by atoms with Gasteiger partial charge in [0.15, 0.2) is 0 Å². The minimum Gasteiger partial charge on any atom is -0.371 e. The quantitative estimate of drug-likeness (QED) is 0.138. The van der Waals surface area contributed by atoms with E-state index >= 15 is 0 Å². The molecule has 1 aliphatic rings. The molecule has 59 heavy (non-hydrogen) atoms. The number of allylic oxidation sites excluding steroid dienone is 4. The van der Waals surface area contributed by atoms with Gasteiger partial charge in [0.25, 0.3) is 0 Å². The lowest BCUT2D eigenvalue weighted by Crippen LogP contribution is -2.20. The third kappa shape index (κ3) is 6.79. The number of hydrogen-bond acceptors (Lipinski definition) is 1. The van der Waals surface area contributed by atoms with Crippen molar-refractivity contribution < 1.29 is 0 Å². The van der Waals surface area contributed by atoms with Crippen molar-refractivity contribution in [3.05, 3.63) is 211 Å². The Morgan fingerprint density at radius 3 is 1.98 bits per heavy atom. The molecule has 0 amide bonds. The van der Waals surface area contributed by atoms with E-state index in [4.69, 9.17) is 0 Å². The maximum absolute atomic E-state index is 3.76. The maximum Gasteiger partial charge on any atom is 0.100 e. The highest BCUT2D eigenvalue weighted by Crippen LogP contribution is 2.39. The summed E-state index contributed by atoms with van der Waals surface area (Å²) in [5.41, 5.74) is 17.4. The molecule has 0 radical (unpaired) electrons. The molecular weight excluding hydrogens is 715 g/mol. The van der Waals surface area contributed by atoms with Crippen molar-refractivity contribution in [3.63, 3.8) is 0 Å². The molecule has 1 atom stereocenters. The van der Waals surface area contributed by atoms with Crippen LogP contribution >= 0.6 is 0 Å². The Morgan fingerprint density at radius 2 is 1.20 bits per heavy atom. The molecule has 7 aromatic carbocycles. The Bertz CT molecular complexity index is 3050. The Hall–Kier alpha value is -7.10. The number of nitrogens with zero attached hydrogens (tertiary/aromatic N) is 2. The number of aryl methyl sites for hydroxylation is 1. The third-order valence-corrected chi connectivity index (χ3v) is 11.9. The van der Waals surface area contributed by atoms with Gasteiger partial charge in [0.05, 0.1) is 16.6 Å². The fourth-order valence-electron chi connectivity index (χ4n) is 9.09. The van der Waals surface area contributed by atoms with Gasteiger partial charge in [-0.25, -0.2) is 0 Å². The number of nitrogens with one attached hydrogen (secondary N) is 1. The summed E-state index contributed by atoms with van der Waals surface area (Å²) in [6, 6.07) is 61.8. The second kappa shape index (κ2) is 15.7. The zero-order valence-electron chi connectivity index (χ0n) is 33.6. The Labute approximate surface area is 346 Å². The summed E-state index contributed by atoms with van der Waals surface area (Å²) < 4.78 is 4.86. The van der Waals surface area contributed by atoms with Crippen LogP contribution in [0.3, 0.4) is 0 Å². The predicted octanol–water partition coefficient (Wildman–Crippen LogP) is 14.8. The van der Waals surface area contributed by atoms with E-state index in [0.29, 0.717) is 0 Å². The van der Waals surface area contributed by atoms with Crippen LogP contribution in [0.25, 0.3) is 83.4 Å². The molecule has 0 saturated heterocycles. The lowest BCUT2D eigenvalue weighted by molar-refractivity contribution is 0.508. The van der Waals surface area contributed by atoms with Crippen molar-refractivity contribution in [1.29, 1.82) is 0 Å². The van der Waals surface area contributed by atoms with Crippen molar-refractivity contribution >= 4 is 44.4 Å². The third-order valence-electron chi connectivity index (χ3n) is 11.9. The minimum atomic E-state index is 0.0453. The zero-order chi connectivity index (χ0) is 39.7. The van der Waals surface area contributed by atoms with Gasteiger partial charge in [-0.2, -0.15) is 0 Å². The summed E-state index contributed by atoms with van der Waals surface area (Å²) in [5, 5.41) is 7.64. The molecule has 0 aliphatic heterocycles. The molecule has 0 saturated carbocycles. The van der Waals surface area contributed by atoms with Crippen LogP contribution in [0.4, 0.5) is 0 Å². The summed E-state index contributed by atoms with van der Waals surface area (Å²) in [6.45, 7) is 4.47. The highest BCUT2D eigenvalue weighted by Gasteiger charge is 2.21. The minimum absolute atomic E-state index is 0.0453. The molecule has 9 aromatic rings. The van der Waals surface area contributed by atoms with Crippen molar-refractivity contribution in [1.82, 2.24) is 14.5 Å². The van der Waals surface area contributed by atoms with Crippen LogP contribution in [0, 0.1) is 0 Å². The first-order valence-electron chi connectivity index (χ1n) is 21.0. The highest BCUT2D eigenvalue weighted by atomic mass is 15.2. The fourth-order valence-corrected chi connectivity index (χ4v) is 9.09. The Balaban J connectivity index is 0.935. The van der Waals surface area contributed by atoms with E-state index in [9.17, 15) is 0 Å². The molecule has 1 unspecified atom stereocenters. The smallest absolute Gasteiger partial charge is 0.100 e. The molecule has 3 heteroatoms. The van der Waals surface area contributed by atoms with Gasteiger partial charge in [-0.3, -0.25) is 0 Å². The van der Waals surface area contributed by atoms with Gasteiger partial charge < -0.3 is 14.5 Å². The summed E-state index contributed by atoms with van der Waals surface area (Å²) in [7, 11) is 0. The summed E-state index contributed by atoms with van der Waals surface area (Å²) in [5.74, 6) is 0. The van der Waals surface area contributed by atoms with Crippen LogP contribution in [-0.2, 0) is 6.42 Å². The Morgan fingerprint density at radius 1 is 0.593 bits per heavy atom. The van der Waals surface area contributed by atoms with E-state index in [1.807, 2.05) is 0 Å². The molecule has 10 rings (SSSR count). The van der Waals surface area contributed by atoms with Crippen LogP contribution in [0.5, 0.6) is 0 Å². The summed E-state index contributed by atoms with van der Waals surface area (Å²) in [4.78, 5) is 0. The van der Waals surface area contributed by atoms with E-state index in [1.165, 1.54) is 94.2 Å². The number of fused-ring (bicyclic) bond motifs is 6. The van der Waals surface area contributed by atoms with Gasteiger partial charge in [0, 0.05) is 27.5 Å². The largest absolute Gasteiger partial charge is 0.371 e. The normalized spacial score (nSPS) is 13.4. The first kappa shape index (κ1) is 36.3. The first-order valence-corrected chi connectivity index (χ1v) is 21.0. The molecule has 1 aliphatic carbocycles. The van der Waals surface area contributed by atoms with Crippen LogP contribution in [-0.4, -0.2) is 9.13 Å². The number of hydrogen-bond donors (Lipinski definition) is 1. The van der Waals surface area contributed by atoms with Crippen LogP contribution in [0.2, 0.25) is 0 Å². The van der Waals surface area contributed by atoms with E-state index < -0.39 is 0 Å². The molecule has 0 spiro atoms. The van der Waals surface area contributed by atoms with Gasteiger partial charge in [0.2, 0.25) is 0 Å². The van der Waals surface area contributed by atoms with Crippen LogP contribution in [0.1, 0.15) is 49.7 Å². The monoisotopic (exact) mass is 761 g/mol. The average molecular weight is 762 g/mol. The van der Waals surface area contributed by atoms with E-state index in [-0.39, 0.29) is 6.17 Å². The number of benzene rings is 7. The molecule has 0 fully saturated rings. The molecular formula is C56H47N3. The first-order chi connectivity index (χ1) is 29.1. The van der Waals surface area contributed by atoms with Gasteiger partial charge >= 0.3 is 0 Å². The van der Waals surface area contributed by atoms with Gasteiger partial charge in [-0.15, -0.1) is 0 Å². The van der Waals surface area contributed by atoms with Gasteiger partial charge in [-0.1, -0.05) is 140 Å². The molecule has 2 heterocycles. The summed E-state index contributed by atoms with van der Waals surface area (Å²) >= 11 is 0. The van der Waals surface area contributed by atoms with E-state index in [2.05, 4.69) is 229 Å². The zero-order valence-corrected chi connectivity index (χ0v) is 33.6. The van der Waals surface area contributed by atoms with Crippen molar-refractivity contribution in [2.24, 2.45) is 0 Å². The number of para-hydroxylation sites is 2. The van der Waals surface area contributed by atoms with Gasteiger partial charge in [-0.05, 0) is 143 Å². The fraction of sp³-hybridized carbons (Fsp3) is 0.107. The molecule has 1 N–H and O–H groups in total. The molecule has 2 aromatic heterocycles. The number of rotatable bonds is 10. The van der Waals surface area contributed by atoms with E-state index in [0.717, 1.165) is 19.3 Å². The Kier molecular flexibility index (Phi) is 9.64. The van der Waals surface area contributed by atoms with Crippen molar-refractivity contribution in [2.45, 2.75) is 39.3 Å². The standard InChI is InChI=1S/C56H47N3/c1-3-15-40(44-18-14-19-45(36-44)43-28-26-42(27-29-43)41-16-6-4-7-17-41)34-35-57-39(2)58-53-24-12-10-22-49(53)51-37-46(30-32-55(51)58)47-31-33-56-52(38-47)50-23-11-13-25-54(50)59(56)48-20-8-5-9-21-48/h4-9,11-21,23-39,57H,3,10,22H2,1-2H3/b35-34-,40-15-. The predicted molar refractivity (Wildman–Crippen MR) is 252 cm³/mol. The molecule has 0 bridgehead atoms. The van der Waals surface area contributed by atoms with Crippen molar-refractivity contribution in [3.8, 4) is 39.1 Å². The lowest BCUT2D eigenvalue weighted by atomic mass is 9.96. The lowest BCUT2D eigenvalue weighted by Gasteiger charge is -2.20. The van der Waals surface area contributed by atoms with Crippen LogP contribution in [0.15, 0.2) is 194 Å². The highest BCUT2D eigenvalue weighted by molar-refractivity contribution is 6.10. The van der Waals surface area contributed by atoms with Crippen LogP contribution < -0.4 is 5.32 Å². The molecule has 286 valence electrons. The van der Waals surface area contributed by atoms with Gasteiger partial charge in [0.1, 0.15) is 6.17 Å². The topological polar surface area (TPSA) is 21.9 Å². The average Bonchev–Trinajstić information content (AvgIpc) is 3.82.